The maximum atomic E-state index is 13.7. The van der Waals surface area contributed by atoms with E-state index in [1.165, 1.54) is 23.0 Å². The number of aromatic nitrogens is 1. The summed E-state index contributed by atoms with van der Waals surface area (Å²) in [5.74, 6) is 0.539. The lowest BCUT2D eigenvalue weighted by Crippen LogP contribution is -2.40. The van der Waals surface area contributed by atoms with Crippen LogP contribution in [0.5, 0.6) is 11.5 Å². The zero-order chi connectivity index (χ0) is 24.4. The first-order chi connectivity index (χ1) is 16.4. The highest BCUT2D eigenvalue weighted by atomic mass is 35.5. The van der Waals surface area contributed by atoms with E-state index in [0.29, 0.717) is 37.1 Å². The molecule has 9 heteroatoms. The lowest BCUT2D eigenvalue weighted by molar-refractivity contribution is -0.139. The minimum Gasteiger partial charge on any atom is -0.497 e. The van der Waals surface area contributed by atoms with E-state index in [9.17, 15) is 9.59 Å². The molecule has 4 rings (SSSR count). The van der Waals surface area contributed by atoms with Gasteiger partial charge in [0.15, 0.2) is 4.80 Å². The van der Waals surface area contributed by atoms with E-state index in [4.69, 9.17) is 25.8 Å². The van der Waals surface area contributed by atoms with Crippen LogP contribution in [0.1, 0.15) is 31.0 Å². The average molecular weight is 499 g/mol. The van der Waals surface area contributed by atoms with Crippen LogP contribution in [-0.4, -0.2) is 31.4 Å². The molecule has 176 valence electrons. The zero-order valence-electron chi connectivity index (χ0n) is 19.1. The van der Waals surface area contributed by atoms with E-state index in [2.05, 4.69) is 4.99 Å². The quantitative estimate of drug-likeness (QED) is 0.486. The molecule has 0 fully saturated rings. The summed E-state index contributed by atoms with van der Waals surface area (Å²) in [5.41, 5.74) is 1.90. The van der Waals surface area contributed by atoms with Crippen LogP contribution in [0.2, 0.25) is 5.02 Å². The summed E-state index contributed by atoms with van der Waals surface area (Å²) in [6, 6.07) is 11.7. The molecule has 0 amide bonds. The molecule has 2 heterocycles. The Labute approximate surface area is 205 Å². The minimum absolute atomic E-state index is 0.193. The van der Waals surface area contributed by atoms with Gasteiger partial charge in [0.25, 0.3) is 5.56 Å². The third-order valence-corrected chi connectivity index (χ3v) is 6.65. The number of nitrogens with zero attached hydrogens (tertiary/aromatic N) is 2. The average Bonchev–Trinajstić information content (AvgIpc) is 3.13. The number of hydrogen-bond donors (Lipinski definition) is 0. The Bertz CT molecular complexity index is 1450. The number of carbonyl (C=O) groups is 1. The molecular formula is C25H23ClN2O5S. The van der Waals surface area contributed by atoms with Crippen LogP contribution < -0.4 is 24.4 Å². The van der Waals surface area contributed by atoms with Crippen molar-refractivity contribution in [3.8, 4) is 11.5 Å². The Kier molecular flexibility index (Phi) is 6.90. The summed E-state index contributed by atoms with van der Waals surface area (Å²) in [7, 11) is 3.09. The molecule has 1 aliphatic heterocycles. The topological polar surface area (TPSA) is 79.1 Å². The molecule has 2 aromatic carbocycles. The number of benzene rings is 2. The van der Waals surface area contributed by atoms with Gasteiger partial charge in [0.2, 0.25) is 0 Å². The van der Waals surface area contributed by atoms with Crippen molar-refractivity contribution in [2.24, 2.45) is 4.99 Å². The van der Waals surface area contributed by atoms with E-state index in [1.807, 2.05) is 12.1 Å². The number of halogens is 1. The smallest absolute Gasteiger partial charge is 0.338 e. The van der Waals surface area contributed by atoms with Gasteiger partial charge in [-0.05, 0) is 55.8 Å². The molecule has 1 aromatic heterocycles. The molecule has 0 spiro atoms. The summed E-state index contributed by atoms with van der Waals surface area (Å²) in [6.07, 6.45) is 1.78. The summed E-state index contributed by atoms with van der Waals surface area (Å²) >= 11 is 7.24. The maximum absolute atomic E-state index is 13.7. The molecular weight excluding hydrogens is 476 g/mol. The number of methoxy groups -OCH3 is 2. The maximum Gasteiger partial charge on any atom is 0.338 e. The Balaban J connectivity index is 2.01. The molecule has 0 aliphatic carbocycles. The summed E-state index contributed by atoms with van der Waals surface area (Å²) < 4.78 is 18.3. The van der Waals surface area contributed by atoms with Crippen LogP contribution in [-0.2, 0) is 9.53 Å². The number of ether oxygens (including phenoxy) is 3. The summed E-state index contributed by atoms with van der Waals surface area (Å²) in [6.45, 7) is 3.66. The van der Waals surface area contributed by atoms with E-state index in [0.717, 1.165) is 5.56 Å². The second kappa shape index (κ2) is 9.87. The monoisotopic (exact) mass is 498 g/mol. The third-order valence-electron chi connectivity index (χ3n) is 5.42. The highest BCUT2D eigenvalue weighted by Gasteiger charge is 2.35. The van der Waals surface area contributed by atoms with Gasteiger partial charge in [0.1, 0.15) is 17.5 Å². The molecule has 0 unspecified atom stereocenters. The lowest BCUT2D eigenvalue weighted by Gasteiger charge is -2.26. The summed E-state index contributed by atoms with van der Waals surface area (Å²) in [5, 5.41) is 0.610. The van der Waals surface area contributed by atoms with Gasteiger partial charge >= 0.3 is 5.97 Å². The van der Waals surface area contributed by atoms with Crippen molar-refractivity contribution < 1.29 is 19.0 Å². The van der Waals surface area contributed by atoms with Crippen molar-refractivity contribution in [1.29, 1.82) is 0 Å². The van der Waals surface area contributed by atoms with Gasteiger partial charge in [-0.25, -0.2) is 9.79 Å². The zero-order valence-corrected chi connectivity index (χ0v) is 20.7. The van der Waals surface area contributed by atoms with Crippen LogP contribution >= 0.6 is 22.9 Å². The highest BCUT2D eigenvalue weighted by Crippen LogP contribution is 2.37. The van der Waals surface area contributed by atoms with Gasteiger partial charge in [-0.3, -0.25) is 9.36 Å². The van der Waals surface area contributed by atoms with Gasteiger partial charge in [-0.2, -0.15) is 0 Å². The lowest BCUT2D eigenvalue weighted by atomic mass is 9.94. The Morgan fingerprint density at radius 3 is 2.56 bits per heavy atom. The van der Waals surface area contributed by atoms with Crippen LogP contribution in [0.15, 0.2) is 63.5 Å². The fourth-order valence-corrected chi connectivity index (χ4v) is 5.02. The number of rotatable bonds is 6. The normalized spacial score (nSPS) is 15.6. The molecule has 0 bridgehead atoms. The predicted molar refractivity (Wildman–Crippen MR) is 131 cm³/mol. The molecule has 3 aromatic rings. The van der Waals surface area contributed by atoms with Crippen molar-refractivity contribution in [2.75, 3.05) is 20.8 Å². The van der Waals surface area contributed by atoms with E-state index in [1.54, 1.807) is 57.4 Å². The molecule has 1 atom stereocenters. The molecule has 0 saturated carbocycles. The first-order valence-electron chi connectivity index (χ1n) is 10.5. The largest absolute Gasteiger partial charge is 0.497 e. The minimum atomic E-state index is -0.798. The number of esters is 1. The van der Waals surface area contributed by atoms with Crippen molar-refractivity contribution in [2.45, 2.75) is 19.9 Å². The molecule has 0 saturated heterocycles. The molecule has 0 N–H and O–H groups in total. The van der Waals surface area contributed by atoms with Crippen LogP contribution in [0.25, 0.3) is 6.08 Å². The number of fused-ring (bicyclic) bond motifs is 1. The van der Waals surface area contributed by atoms with Crippen molar-refractivity contribution in [3.63, 3.8) is 0 Å². The fourth-order valence-electron chi connectivity index (χ4n) is 3.85. The number of allylic oxidation sites excluding steroid dienone is 1. The Morgan fingerprint density at radius 1 is 1.18 bits per heavy atom. The van der Waals surface area contributed by atoms with Crippen molar-refractivity contribution in [3.05, 3.63) is 89.6 Å². The SMILES string of the molecule is CCOC(=O)C1=C(C)N=c2s/c(=C/c3ccc(Cl)cc3)c(=O)n2[C@H]1c1cc(OC)ccc1OC. The Hall–Kier alpha value is -3.36. The van der Waals surface area contributed by atoms with E-state index < -0.39 is 12.0 Å². The number of hydrogen-bond acceptors (Lipinski definition) is 7. The van der Waals surface area contributed by atoms with Gasteiger partial charge in [0.05, 0.1) is 36.6 Å². The second-order valence-electron chi connectivity index (χ2n) is 7.46. The predicted octanol–water partition coefficient (Wildman–Crippen LogP) is 3.47. The third kappa shape index (κ3) is 4.38. The van der Waals surface area contributed by atoms with Gasteiger partial charge in [-0.15, -0.1) is 0 Å². The van der Waals surface area contributed by atoms with Gasteiger partial charge in [0, 0.05) is 10.6 Å². The second-order valence-corrected chi connectivity index (χ2v) is 8.91. The molecule has 7 nitrogen and oxygen atoms in total. The highest BCUT2D eigenvalue weighted by molar-refractivity contribution is 7.07. The molecule has 34 heavy (non-hydrogen) atoms. The van der Waals surface area contributed by atoms with Gasteiger partial charge in [-0.1, -0.05) is 35.1 Å². The fraction of sp³-hybridized carbons (Fsp3) is 0.240. The molecule has 1 aliphatic rings. The standard InChI is InChI=1S/C25H23ClN2O5S/c1-5-33-24(30)21-14(2)27-25-28(22(21)18-13-17(31-3)10-11-19(18)32-4)23(29)20(34-25)12-15-6-8-16(26)9-7-15/h6-13,22H,5H2,1-4H3/b20-12+/t22-/m0/s1. The van der Waals surface area contributed by atoms with Crippen LogP contribution in [0, 0.1) is 0 Å². The van der Waals surface area contributed by atoms with Crippen molar-refractivity contribution >= 4 is 35.0 Å². The van der Waals surface area contributed by atoms with Crippen molar-refractivity contribution in [1.82, 2.24) is 4.57 Å². The summed E-state index contributed by atoms with van der Waals surface area (Å²) in [4.78, 5) is 31.8. The van der Waals surface area contributed by atoms with E-state index >= 15 is 0 Å². The number of carbonyl (C=O) groups excluding carboxylic acids is 1. The number of thiazole rings is 1. The van der Waals surface area contributed by atoms with E-state index in [-0.39, 0.29) is 17.7 Å². The first-order valence-corrected chi connectivity index (χ1v) is 11.7. The Morgan fingerprint density at radius 2 is 1.91 bits per heavy atom. The van der Waals surface area contributed by atoms with Gasteiger partial charge < -0.3 is 14.2 Å². The van der Waals surface area contributed by atoms with Crippen LogP contribution in [0.4, 0.5) is 0 Å². The first kappa shape index (κ1) is 23.8. The molecule has 0 radical (unpaired) electrons. The van der Waals surface area contributed by atoms with Crippen LogP contribution in [0.3, 0.4) is 0 Å².